The number of alkyl halides is 2. The quantitative estimate of drug-likeness (QED) is 0.489. The summed E-state index contributed by atoms with van der Waals surface area (Å²) in [6.07, 6.45) is 3.10. The lowest BCUT2D eigenvalue weighted by atomic mass is 9.94. The van der Waals surface area contributed by atoms with Crippen LogP contribution in [0.4, 0.5) is 8.78 Å². The Labute approximate surface area is 162 Å². The van der Waals surface area contributed by atoms with Crippen molar-refractivity contribution in [2.24, 2.45) is 0 Å². The SMILES string of the molecule is C/C(=C\c1c(C)cc(C(C)(F)F)cc1C)Cc1c(Cl)ccc(C=O)c1Cl. The Kier molecular flexibility index (Phi) is 6.25. The number of halogens is 4. The van der Waals surface area contributed by atoms with Crippen molar-refractivity contribution in [2.75, 3.05) is 0 Å². The second kappa shape index (κ2) is 7.89. The minimum absolute atomic E-state index is 0.00655. The van der Waals surface area contributed by atoms with Gasteiger partial charge in [-0.05, 0) is 73.7 Å². The second-order valence-corrected chi connectivity index (χ2v) is 7.41. The molecule has 1 nitrogen and oxygen atoms in total. The molecule has 0 N–H and O–H groups in total. The van der Waals surface area contributed by atoms with Crippen LogP contribution in [0.15, 0.2) is 29.8 Å². The lowest BCUT2D eigenvalue weighted by molar-refractivity contribution is 0.0173. The van der Waals surface area contributed by atoms with Crippen molar-refractivity contribution >= 4 is 35.6 Å². The first-order valence-electron chi connectivity index (χ1n) is 8.13. The second-order valence-electron chi connectivity index (χ2n) is 6.63. The zero-order chi connectivity index (χ0) is 19.6. The van der Waals surface area contributed by atoms with E-state index in [0.717, 1.165) is 29.2 Å². The molecule has 26 heavy (non-hydrogen) atoms. The average Bonchev–Trinajstić information content (AvgIpc) is 2.54. The number of allylic oxidation sites excluding steroid dienone is 1. The highest BCUT2D eigenvalue weighted by Crippen LogP contribution is 2.33. The van der Waals surface area contributed by atoms with Crippen molar-refractivity contribution in [3.8, 4) is 0 Å². The molecule has 0 aromatic heterocycles. The third-order valence-corrected chi connectivity index (χ3v) is 5.09. The van der Waals surface area contributed by atoms with Crippen LogP contribution < -0.4 is 0 Å². The Balaban J connectivity index is 2.42. The van der Waals surface area contributed by atoms with Crippen molar-refractivity contribution in [3.05, 3.63) is 73.3 Å². The van der Waals surface area contributed by atoms with Crippen LogP contribution in [0.25, 0.3) is 6.08 Å². The van der Waals surface area contributed by atoms with Crippen LogP contribution in [-0.2, 0) is 12.3 Å². The molecule has 0 bridgehead atoms. The van der Waals surface area contributed by atoms with Gasteiger partial charge in [0.25, 0.3) is 5.92 Å². The Morgan fingerprint density at radius 1 is 1.15 bits per heavy atom. The average molecular weight is 397 g/mol. The van der Waals surface area contributed by atoms with Crippen LogP contribution in [0.3, 0.4) is 0 Å². The molecule has 0 fully saturated rings. The normalized spacial score (nSPS) is 12.4. The molecule has 0 radical (unpaired) electrons. The number of carbonyl (C=O) groups excluding carboxylic acids is 1. The Morgan fingerprint density at radius 2 is 1.73 bits per heavy atom. The zero-order valence-electron chi connectivity index (χ0n) is 15.1. The summed E-state index contributed by atoms with van der Waals surface area (Å²) in [4.78, 5) is 11.1. The molecule has 0 unspecified atom stereocenters. The Morgan fingerprint density at radius 3 is 2.23 bits per heavy atom. The van der Waals surface area contributed by atoms with Gasteiger partial charge in [0.15, 0.2) is 6.29 Å². The molecule has 0 spiro atoms. The first-order valence-corrected chi connectivity index (χ1v) is 8.89. The van der Waals surface area contributed by atoms with Gasteiger partial charge >= 0.3 is 0 Å². The number of rotatable bonds is 5. The first kappa shape index (κ1) is 20.6. The molecular weight excluding hydrogens is 377 g/mol. The Bertz CT molecular complexity index is 857. The fraction of sp³-hybridized carbons (Fsp3) is 0.286. The number of aryl methyl sites for hydroxylation is 2. The number of aldehydes is 1. The molecule has 0 saturated carbocycles. The maximum absolute atomic E-state index is 13.6. The molecular formula is C21H20Cl2F2O. The van der Waals surface area contributed by atoms with E-state index in [1.54, 1.807) is 12.1 Å². The lowest BCUT2D eigenvalue weighted by Gasteiger charge is -2.16. The summed E-state index contributed by atoms with van der Waals surface area (Å²) >= 11 is 12.5. The van der Waals surface area contributed by atoms with E-state index in [2.05, 4.69) is 0 Å². The third-order valence-electron chi connectivity index (χ3n) is 4.29. The van der Waals surface area contributed by atoms with Gasteiger partial charge in [0.2, 0.25) is 0 Å². The van der Waals surface area contributed by atoms with E-state index in [9.17, 15) is 13.6 Å². The smallest absolute Gasteiger partial charge is 0.270 e. The van der Waals surface area contributed by atoms with Crippen LogP contribution in [-0.4, -0.2) is 6.29 Å². The van der Waals surface area contributed by atoms with E-state index in [4.69, 9.17) is 23.2 Å². The number of hydrogen-bond donors (Lipinski definition) is 0. The van der Waals surface area contributed by atoms with Gasteiger partial charge in [0.1, 0.15) is 0 Å². The van der Waals surface area contributed by atoms with E-state index in [-0.39, 0.29) is 5.56 Å². The summed E-state index contributed by atoms with van der Waals surface area (Å²) in [5.74, 6) is -2.87. The van der Waals surface area contributed by atoms with Crippen LogP contribution in [0.1, 0.15) is 52.0 Å². The highest BCUT2D eigenvalue weighted by atomic mass is 35.5. The molecule has 0 saturated heterocycles. The minimum Gasteiger partial charge on any atom is -0.298 e. The summed E-state index contributed by atoms with van der Waals surface area (Å²) < 4.78 is 27.2. The topological polar surface area (TPSA) is 17.1 Å². The van der Waals surface area contributed by atoms with Gasteiger partial charge in [-0.15, -0.1) is 0 Å². The van der Waals surface area contributed by atoms with Gasteiger partial charge in [-0.2, -0.15) is 0 Å². The van der Waals surface area contributed by atoms with Crippen molar-refractivity contribution in [1.82, 2.24) is 0 Å². The van der Waals surface area contributed by atoms with E-state index in [0.29, 0.717) is 33.9 Å². The summed E-state index contributed by atoms with van der Waals surface area (Å²) in [7, 11) is 0. The molecule has 0 aliphatic heterocycles. The molecule has 0 aliphatic carbocycles. The largest absolute Gasteiger partial charge is 0.298 e. The summed E-state index contributed by atoms with van der Waals surface area (Å²) in [6.45, 7) is 6.44. The van der Waals surface area contributed by atoms with Crippen molar-refractivity contribution in [1.29, 1.82) is 0 Å². The molecule has 2 aromatic carbocycles. The molecule has 2 aromatic rings. The highest BCUT2D eigenvalue weighted by Gasteiger charge is 2.25. The molecule has 0 amide bonds. The third kappa shape index (κ3) is 4.52. The van der Waals surface area contributed by atoms with Gasteiger partial charge < -0.3 is 0 Å². The Hall–Kier alpha value is -1.71. The predicted octanol–water partition coefficient (Wildman–Crippen LogP) is 7.18. The fourth-order valence-electron chi connectivity index (χ4n) is 2.90. The van der Waals surface area contributed by atoms with Gasteiger partial charge in [-0.3, -0.25) is 4.79 Å². The fourth-order valence-corrected chi connectivity index (χ4v) is 3.45. The van der Waals surface area contributed by atoms with Gasteiger partial charge in [0, 0.05) is 23.1 Å². The standard InChI is InChI=1S/C21H20Cl2F2O/c1-12(8-18-19(22)6-5-15(11-26)20(18)23)7-17-13(2)9-16(10-14(17)3)21(4,24)25/h5-7,9-11H,8H2,1-4H3/b12-7+. The van der Waals surface area contributed by atoms with Gasteiger partial charge in [0.05, 0.1) is 5.02 Å². The summed E-state index contributed by atoms with van der Waals surface area (Å²) in [6, 6.07) is 6.25. The van der Waals surface area contributed by atoms with E-state index in [1.807, 2.05) is 26.8 Å². The summed E-state index contributed by atoms with van der Waals surface area (Å²) in [5, 5.41) is 0.831. The van der Waals surface area contributed by atoms with Crippen molar-refractivity contribution in [3.63, 3.8) is 0 Å². The number of hydrogen-bond acceptors (Lipinski definition) is 1. The van der Waals surface area contributed by atoms with Crippen LogP contribution in [0.5, 0.6) is 0 Å². The van der Waals surface area contributed by atoms with E-state index in [1.165, 1.54) is 12.1 Å². The van der Waals surface area contributed by atoms with Gasteiger partial charge in [-0.1, -0.05) is 34.9 Å². The van der Waals surface area contributed by atoms with Crippen molar-refractivity contribution in [2.45, 2.75) is 40.0 Å². The number of benzene rings is 2. The lowest BCUT2D eigenvalue weighted by Crippen LogP contribution is -2.08. The van der Waals surface area contributed by atoms with Crippen molar-refractivity contribution < 1.29 is 13.6 Å². The zero-order valence-corrected chi connectivity index (χ0v) is 16.6. The van der Waals surface area contributed by atoms with E-state index >= 15 is 0 Å². The molecule has 0 atom stereocenters. The maximum Gasteiger partial charge on any atom is 0.270 e. The van der Waals surface area contributed by atoms with E-state index < -0.39 is 5.92 Å². The van der Waals surface area contributed by atoms with Crippen LogP contribution in [0.2, 0.25) is 10.0 Å². The van der Waals surface area contributed by atoms with Gasteiger partial charge in [-0.25, -0.2) is 8.78 Å². The minimum atomic E-state index is -2.87. The first-order chi connectivity index (χ1) is 12.0. The summed E-state index contributed by atoms with van der Waals surface area (Å²) in [5.41, 5.74) is 4.49. The molecule has 2 rings (SSSR count). The van der Waals surface area contributed by atoms with Crippen LogP contribution >= 0.6 is 23.2 Å². The van der Waals surface area contributed by atoms with Crippen LogP contribution in [0, 0.1) is 13.8 Å². The molecule has 138 valence electrons. The molecule has 0 aliphatic rings. The number of carbonyl (C=O) groups is 1. The molecule has 5 heteroatoms. The monoisotopic (exact) mass is 396 g/mol. The highest BCUT2D eigenvalue weighted by molar-refractivity contribution is 6.37. The maximum atomic E-state index is 13.6. The predicted molar refractivity (Wildman–Crippen MR) is 105 cm³/mol. The molecule has 0 heterocycles.